The minimum absolute atomic E-state index is 0.699. The number of hydrogen-bond donors (Lipinski definition) is 0. The number of thioether (sulfide) groups is 1. The van der Waals surface area contributed by atoms with Crippen LogP contribution in [-0.4, -0.2) is 26.9 Å². The van der Waals surface area contributed by atoms with Gasteiger partial charge < -0.3 is 9.15 Å². The van der Waals surface area contributed by atoms with E-state index in [-0.39, 0.29) is 0 Å². The first-order valence-electron chi connectivity index (χ1n) is 7.49. The SMILES string of the molecule is COc1ccccc1-n1cnnc1SCc1csc(-c2ccco2)n1. The van der Waals surface area contributed by atoms with E-state index in [4.69, 9.17) is 9.15 Å². The molecule has 3 heterocycles. The van der Waals surface area contributed by atoms with Crippen LogP contribution in [0.1, 0.15) is 5.69 Å². The molecule has 0 radical (unpaired) electrons. The fraction of sp³-hybridized carbons (Fsp3) is 0.118. The Bertz CT molecular complexity index is 963. The Hall–Kier alpha value is -2.58. The number of aromatic nitrogens is 4. The number of methoxy groups -OCH3 is 1. The summed E-state index contributed by atoms with van der Waals surface area (Å²) in [6.07, 6.45) is 3.34. The van der Waals surface area contributed by atoms with Crippen molar-refractivity contribution >= 4 is 23.1 Å². The predicted molar refractivity (Wildman–Crippen MR) is 97.3 cm³/mol. The summed E-state index contributed by atoms with van der Waals surface area (Å²) in [5.74, 6) is 2.27. The molecule has 4 rings (SSSR count). The molecular formula is C17H14N4O2S2. The van der Waals surface area contributed by atoms with Crippen LogP contribution in [0.3, 0.4) is 0 Å². The summed E-state index contributed by atoms with van der Waals surface area (Å²) >= 11 is 3.15. The number of furan rings is 1. The van der Waals surface area contributed by atoms with Crippen molar-refractivity contribution in [2.75, 3.05) is 7.11 Å². The van der Waals surface area contributed by atoms with Gasteiger partial charge in [0.05, 0.1) is 24.8 Å². The number of benzene rings is 1. The minimum Gasteiger partial charge on any atom is -0.495 e. The van der Waals surface area contributed by atoms with Gasteiger partial charge in [0, 0.05) is 11.1 Å². The van der Waals surface area contributed by atoms with Crippen molar-refractivity contribution in [3.8, 4) is 22.2 Å². The van der Waals surface area contributed by atoms with E-state index in [0.29, 0.717) is 5.75 Å². The van der Waals surface area contributed by atoms with E-state index in [0.717, 1.165) is 33.1 Å². The van der Waals surface area contributed by atoms with E-state index in [2.05, 4.69) is 15.2 Å². The van der Waals surface area contributed by atoms with Gasteiger partial charge in [-0.1, -0.05) is 23.9 Å². The molecule has 0 aliphatic carbocycles. The molecule has 0 atom stereocenters. The average molecular weight is 370 g/mol. The summed E-state index contributed by atoms with van der Waals surface area (Å²) in [6.45, 7) is 0. The lowest BCUT2D eigenvalue weighted by Gasteiger charge is -2.10. The summed E-state index contributed by atoms with van der Waals surface area (Å²) in [4.78, 5) is 4.61. The van der Waals surface area contributed by atoms with Gasteiger partial charge in [-0.2, -0.15) is 0 Å². The molecule has 8 heteroatoms. The molecule has 0 aliphatic heterocycles. The molecule has 6 nitrogen and oxygen atoms in total. The zero-order valence-electron chi connectivity index (χ0n) is 13.3. The highest BCUT2D eigenvalue weighted by molar-refractivity contribution is 7.98. The molecule has 0 fully saturated rings. The number of nitrogens with zero attached hydrogens (tertiary/aromatic N) is 4. The van der Waals surface area contributed by atoms with E-state index < -0.39 is 0 Å². The lowest BCUT2D eigenvalue weighted by Crippen LogP contribution is -1.98. The zero-order chi connectivity index (χ0) is 17.1. The molecule has 25 heavy (non-hydrogen) atoms. The smallest absolute Gasteiger partial charge is 0.196 e. The average Bonchev–Trinajstić information content (AvgIpc) is 3.40. The highest BCUT2D eigenvalue weighted by Crippen LogP contribution is 2.30. The van der Waals surface area contributed by atoms with Crippen LogP contribution in [-0.2, 0) is 5.75 Å². The minimum atomic E-state index is 0.699. The first-order valence-corrected chi connectivity index (χ1v) is 9.36. The maximum atomic E-state index is 5.42. The van der Waals surface area contributed by atoms with E-state index in [1.54, 1.807) is 42.8 Å². The molecule has 4 aromatic rings. The Morgan fingerprint density at radius 3 is 3.00 bits per heavy atom. The van der Waals surface area contributed by atoms with E-state index >= 15 is 0 Å². The molecule has 0 spiro atoms. The lowest BCUT2D eigenvalue weighted by molar-refractivity contribution is 0.412. The summed E-state index contributed by atoms with van der Waals surface area (Å²) in [5, 5.41) is 12.0. The second kappa shape index (κ2) is 7.12. The standard InChI is InChI=1S/C17H14N4O2S2/c1-22-14-6-3-2-5-13(14)21-11-18-20-17(21)25-10-12-9-24-16(19-12)15-7-4-8-23-15/h2-9,11H,10H2,1H3. The van der Waals surface area contributed by atoms with Crippen molar-refractivity contribution in [1.82, 2.24) is 19.7 Å². The second-order valence-corrected chi connectivity index (χ2v) is 6.87. The van der Waals surface area contributed by atoms with Crippen LogP contribution in [0.15, 0.2) is 63.9 Å². The van der Waals surface area contributed by atoms with Crippen molar-refractivity contribution < 1.29 is 9.15 Å². The monoisotopic (exact) mass is 370 g/mol. The molecule has 0 N–H and O–H groups in total. The molecule has 0 unspecified atom stereocenters. The molecule has 0 saturated carbocycles. The molecule has 0 aliphatic rings. The van der Waals surface area contributed by atoms with Gasteiger partial charge in [-0.25, -0.2) is 4.98 Å². The third-order valence-corrected chi connectivity index (χ3v) is 5.38. The Morgan fingerprint density at radius 1 is 1.24 bits per heavy atom. The van der Waals surface area contributed by atoms with Crippen LogP contribution in [0.5, 0.6) is 5.75 Å². The van der Waals surface area contributed by atoms with E-state index in [1.165, 1.54) is 0 Å². The summed E-state index contributed by atoms with van der Waals surface area (Å²) in [7, 11) is 1.65. The van der Waals surface area contributed by atoms with Crippen LogP contribution in [0, 0.1) is 0 Å². The number of ether oxygens (including phenoxy) is 1. The first-order chi connectivity index (χ1) is 12.3. The zero-order valence-corrected chi connectivity index (χ0v) is 15.0. The van der Waals surface area contributed by atoms with Crippen LogP contribution in [0.25, 0.3) is 16.5 Å². The van der Waals surface area contributed by atoms with Gasteiger partial charge >= 0.3 is 0 Å². The molecule has 0 amide bonds. The van der Waals surface area contributed by atoms with Gasteiger partial charge in [0.25, 0.3) is 0 Å². The quantitative estimate of drug-likeness (QED) is 0.472. The molecule has 1 aromatic carbocycles. The number of rotatable bonds is 6. The fourth-order valence-electron chi connectivity index (χ4n) is 2.34. The Labute approximate surface area is 152 Å². The van der Waals surface area contributed by atoms with Crippen LogP contribution in [0.4, 0.5) is 0 Å². The highest BCUT2D eigenvalue weighted by atomic mass is 32.2. The lowest BCUT2D eigenvalue weighted by atomic mass is 10.3. The number of para-hydroxylation sites is 2. The van der Waals surface area contributed by atoms with Gasteiger partial charge in [0.2, 0.25) is 0 Å². The van der Waals surface area contributed by atoms with Crippen LogP contribution >= 0.6 is 23.1 Å². The van der Waals surface area contributed by atoms with Crippen molar-refractivity contribution in [1.29, 1.82) is 0 Å². The van der Waals surface area contributed by atoms with Gasteiger partial charge in [-0.3, -0.25) is 4.57 Å². The van der Waals surface area contributed by atoms with Crippen LogP contribution in [0.2, 0.25) is 0 Å². The maximum Gasteiger partial charge on any atom is 0.196 e. The van der Waals surface area contributed by atoms with Gasteiger partial charge in [-0.15, -0.1) is 21.5 Å². The summed E-state index contributed by atoms with van der Waals surface area (Å²) in [6, 6.07) is 11.6. The molecule has 0 bridgehead atoms. The van der Waals surface area contributed by atoms with E-state index in [1.807, 2.05) is 46.3 Å². The molecule has 0 saturated heterocycles. The number of thiazole rings is 1. The fourth-order valence-corrected chi connectivity index (χ4v) is 4.05. The summed E-state index contributed by atoms with van der Waals surface area (Å²) in [5.41, 5.74) is 1.89. The van der Waals surface area contributed by atoms with Crippen molar-refractivity contribution in [3.05, 3.63) is 60.1 Å². The van der Waals surface area contributed by atoms with Gasteiger partial charge in [0.1, 0.15) is 12.1 Å². The predicted octanol–water partition coefficient (Wildman–Crippen LogP) is 4.28. The molecule has 126 valence electrons. The normalized spacial score (nSPS) is 10.9. The maximum absolute atomic E-state index is 5.42. The summed E-state index contributed by atoms with van der Waals surface area (Å²) < 4.78 is 12.7. The van der Waals surface area contributed by atoms with E-state index in [9.17, 15) is 0 Å². The Kier molecular flexibility index (Phi) is 4.53. The third-order valence-electron chi connectivity index (χ3n) is 3.49. The second-order valence-electron chi connectivity index (χ2n) is 5.07. The Balaban J connectivity index is 1.52. The largest absolute Gasteiger partial charge is 0.495 e. The third kappa shape index (κ3) is 3.31. The molecule has 3 aromatic heterocycles. The molecular weight excluding hydrogens is 356 g/mol. The highest BCUT2D eigenvalue weighted by Gasteiger charge is 2.13. The Morgan fingerprint density at radius 2 is 2.16 bits per heavy atom. The van der Waals surface area contributed by atoms with Crippen molar-refractivity contribution in [2.45, 2.75) is 10.9 Å². The van der Waals surface area contributed by atoms with Crippen LogP contribution < -0.4 is 4.74 Å². The van der Waals surface area contributed by atoms with Crippen molar-refractivity contribution in [3.63, 3.8) is 0 Å². The van der Waals surface area contributed by atoms with Crippen molar-refractivity contribution in [2.24, 2.45) is 0 Å². The van der Waals surface area contributed by atoms with Gasteiger partial charge in [-0.05, 0) is 24.3 Å². The van der Waals surface area contributed by atoms with Gasteiger partial charge in [0.15, 0.2) is 15.9 Å². The first kappa shape index (κ1) is 15.9. The number of hydrogen-bond acceptors (Lipinski definition) is 7. The topological polar surface area (TPSA) is 66.0 Å².